The van der Waals surface area contributed by atoms with Crippen molar-refractivity contribution < 1.29 is 9.59 Å². The van der Waals surface area contributed by atoms with E-state index in [-0.39, 0.29) is 29.3 Å². The van der Waals surface area contributed by atoms with E-state index in [0.717, 1.165) is 0 Å². The fourth-order valence-corrected chi connectivity index (χ4v) is 4.33. The molecular formula is C23H33N7O3. The average molecular weight is 456 g/mol. The minimum absolute atomic E-state index is 0.0779. The van der Waals surface area contributed by atoms with Crippen molar-refractivity contribution >= 4 is 29.1 Å². The highest BCUT2D eigenvalue weighted by Gasteiger charge is 2.42. The Labute approximate surface area is 193 Å². The molecule has 33 heavy (non-hydrogen) atoms. The number of nitrogens with two attached hydrogens (primary N) is 1. The molecule has 5 N–H and O–H groups in total. The second kappa shape index (κ2) is 9.70. The lowest BCUT2D eigenvalue weighted by Crippen LogP contribution is -2.46. The number of pyridine rings is 1. The van der Waals surface area contributed by atoms with Crippen LogP contribution in [0.5, 0.6) is 0 Å². The number of amides is 2. The molecule has 0 spiro atoms. The summed E-state index contributed by atoms with van der Waals surface area (Å²) in [7, 11) is 0. The largest absolute Gasteiger partial charge is 0.336 e. The first-order valence-corrected chi connectivity index (χ1v) is 11.5. The van der Waals surface area contributed by atoms with Gasteiger partial charge in [0.05, 0.1) is 0 Å². The van der Waals surface area contributed by atoms with Gasteiger partial charge in [0.25, 0.3) is 11.5 Å². The third-order valence-corrected chi connectivity index (χ3v) is 6.28. The summed E-state index contributed by atoms with van der Waals surface area (Å²) in [6.45, 7) is 9.68. The number of nitrogens with one attached hydrogen (secondary N) is 3. The Balaban J connectivity index is 0.00000149. The SMILES string of the molecule is CC.CCC1(CC)NC(=O)c2c(C)cc(Nc3cc(NC(=O)C4CC(N)C4)ncn3)c(=O)n21. The van der Waals surface area contributed by atoms with E-state index in [1.807, 2.05) is 27.7 Å². The van der Waals surface area contributed by atoms with Crippen LogP contribution in [0.2, 0.25) is 0 Å². The predicted octanol–water partition coefficient (Wildman–Crippen LogP) is 2.61. The van der Waals surface area contributed by atoms with Crippen LogP contribution in [0.1, 0.15) is 69.4 Å². The third kappa shape index (κ3) is 4.47. The summed E-state index contributed by atoms with van der Waals surface area (Å²) in [5.74, 6) is 0.233. The highest BCUT2D eigenvalue weighted by molar-refractivity contribution is 5.97. The topological polar surface area (TPSA) is 144 Å². The number of rotatable bonds is 6. The number of aromatic nitrogens is 3. The van der Waals surface area contributed by atoms with Crippen molar-refractivity contribution in [2.75, 3.05) is 10.6 Å². The monoisotopic (exact) mass is 455 g/mol. The summed E-state index contributed by atoms with van der Waals surface area (Å²) < 4.78 is 1.55. The van der Waals surface area contributed by atoms with E-state index in [1.54, 1.807) is 23.6 Å². The van der Waals surface area contributed by atoms with Crippen molar-refractivity contribution in [3.8, 4) is 0 Å². The van der Waals surface area contributed by atoms with Gasteiger partial charge in [-0.15, -0.1) is 0 Å². The number of carbonyl (C=O) groups is 2. The van der Waals surface area contributed by atoms with Crippen molar-refractivity contribution in [2.24, 2.45) is 11.7 Å². The molecule has 10 heteroatoms. The minimum Gasteiger partial charge on any atom is -0.336 e. The minimum atomic E-state index is -0.750. The lowest BCUT2D eigenvalue weighted by Gasteiger charge is -2.30. The molecule has 0 atom stereocenters. The number of anilines is 3. The van der Waals surface area contributed by atoms with Crippen LogP contribution in [-0.4, -0.2) is 32.4 Å². The van der Waals surface area contributed by atoms with Gasteiger partial charge in [-0.05, 0) is 44.2 Å². The molecule has 178 valence electrons. The molecule has 2 aliphatic rings. The molecule has 10 nitrogen and oxygen atoms in total. The second-order valence-corrected chi connectivity index (χ2v) is 8.25. The van der Waals surface area contributed by atoms with E-state index >= 15 is 0 Å². The summed E-state index contributed by atoms with van der Waals surface area (Å²) in [5, 5.41) is 8.77. The van der Waals surface area contributed by atoms with Gasteiger partial charge in [0, 0.05) is 18.0 Å². The first-order valence-electron chi connectivity index (χ1n) is 11.5. The van der Waals surface area contributed by atoms with Gasteiger partial charge in [0.2, 0.25) is 5.91 Å². The Hall–Kier alpha value is -3.27. The normalized spacial score (nSPS) is 20.0. The zero-order valence-corrected chi connectivity index (χ0v) is 19.9. The number of hydrogen-bond acceptors (Lipinski definition) is 7. The Morgan fingerprint density at radius 2 is 1.82 bits per heavy atom. The zero-order chi connectivity index (χ0) is 24.3. The molecule has 2 aromatic rings. The highest BCUT2D eigenvalue weighted by Crippen LogP contribution is 2.31. The van der Waals surface area contributed by atoms with Gasteiger partial charge in [-0.1, -0.05) is 27.7 Å². The molecule has 0 radical (unpaired) electrons. The smallest absolute Gasteiger partial charge is 0.276 e. The zero-order valence-electron chi connectivity index (χ0n) is 19.9. The molecule has 0 saturated heterocycles. The number of aryl methyl sites for hydroxylation is 1. The van der Waals surface area contributed by atoms with Crippen LogP contribution in [0.3, 0.4) is 0 Å². The van der Waals surface area contributed by atoms with E-state index in [9.17, 15) is 14.4 Å². The fraction of sp³-hybridized carbons (Fsp3) is 0.522. The van der Waals surface area contributed by atoms with Gasteiger partial charge in [-0.25, -0.2) is 9.97 Å². The fourth-order valence-electron chi connectivity index (χ4n) is 4.33. The van der Waals surface area contributed by atoms with Crippen LogP contribution >= 0.6 is 0 Å². The van der Waals surface area contributed by atoms with Gasteiger partial charge in [-0.3, -0.25) is 19.0 Å². The molecule has 1 aliphatic heterocycles. The van der Waals surface area contributed by atoms with Crippen LogP contribution in [0.4, 0.5) is 17.3 Å². The van der Waals surface area contributed by atoms with Crippen LogP contribution in [0, 0.1) is 12.8 Å². The molecule has 4 rings (SSSR count). The van der Waals surface area contributed by atoms with Gasteiger partial charge in [0.1, 0.15) is 35.0 Å². The molecule has 1 saturated carbocycles. The van der Waals surface area contributed by atoms with Gasteiger partial charge in [-0.2, -0.15) is 0 Å². The van der Waals surface area contributed by atoms with E-state index < -0.39 is 5.66 Å². The summed E-state index contributed by atoms with van der Waals surface area (Å²) >= 11 is 0. The maximum Gasteiger partial charge on any atom is 0.276 e. The Kier molecular flexibility index (Phi) is 7.16. The van der Waals surface area contributed by atoms with Crippen LogP contribution in [-0.2, 0) is 10.5 Å². The maximum absolute atomic E-state index is 13.3. The Morgan fingerprint density at radius 1 is 1.18 bits per heavy atom. The molecule has 2 aromatic heterocycles. The van der Waals surface area contributed by atoms with Crippen LogP contribution in [0.15, 0.2) is 23.3 Å². The van der Waals surface area contributed by atoms with Gasteiger partial charge >= 0.3 is 0 Å². The van der Waals surface area contributed by atoms with E-state index in [4.69, 9.17) is 5.73 Å². The third-order valence-electron chi connectivity index (χ3n) is 6.28. The predicted molar refractivity (Wildman–Crippen MR) is 127 cm³/mol. The van der Waals surface area contributed by atoms with Crippen molar-refractivity contribution in [1.82, 2.24) is 19.9 Å². The summed E-state index contributed by atoms with van der Waals surface area (Å²) in [5.41, 5.74) is 6.06. The maximum atomic E-state index is 13.3. The van der Waals surface area contributed by atoms with E-state index in [0.29, 0.717) is 54.3 Å². The molecule has 1 fully saturated rings. The molecule has 3 heterocycles. The summed E-state index contributed by atoms with van der Waals surface area (Å²) in [4.78, 5) is 46.4. The number of carbonyl (C=O) groups excluding carboxylic acids is 2. The Morgan fingerprint density at radius 3 is 2.42 bits per heavy atom. The lowest BCUT2D eigenvalue weighted by molar-refractivity contribution is -0.122. The Bertz CT molecular complexity index is 1100. The average Bonchev–Trinajstić information content (AvgIpc) is 3.10. The first kappa shape index (κ1) is 24.4. The second-order valence-electron chi connectivity index (χ2n) is 8.25. The van der Waals surface area contributed by atoms with Crippen LogP contribution < -0.4 is 27.2 Å². The molecular weight excluding hydrogens is 422 g/mol. The van der Waals surface area contributed by atoms with E-state index in [2.05, 4.69) is 25.9 Å². The number of hydrogen-bond donors (Lipinski definition) is 4. The first-order chi connectivity index (χ1) is 15.8. The van der Waals surface area contributed by atoms with Gasteiger partial charge in [0.15, 0.2) is 0 Å². The molecule has 0 bridgehead atoms. The van der Waals surface area contributed by atoms with Crippen molar-refractivity contribution in [1.29, 1.82) is 0 Å². The standard InChI is InChI=1S/C21H27N7O3.C2H6/c1-4-21(5-2)27-19(30)17-11(3)6-14(20(31)28(17)21)25-15-9-16(24-10-23-15)26-18(29)12-7-13(22)8-12;1-2/h6,9-10,12-13H,4-5,7-8,22H2,1-3H3,(H,27,30)(H2,23,24,25,26,29);1-2H3. The van der Waals surface area contributed by atoms with Gasteiger partial charge < -0.3 is 21.7 Å². The number of nitrogens with zero attached hydrogens (tertiary/aromatic N) is 3. The number of fused-ring (bicyclic) bond motifs is 1. The van der Waals surface area contributed by atoms with Crippen LogP contribution in [0.25, 0.3) is 0 Å². The molecule has 2 amide bonds. The molecule has 0 aromatic carbocycles. The molecule has 1 aliphatic carbocycles. The quantitative estimate of drug-likeness (QED) is 0.524. The van der Waals surface area contributed by atoms with Crippen molar-refractivity contribution in [3.05, 3.63) is 40.1 Å². The highest BCUT2D eigenvalue weighted by atomic mass is 16.2. The van der Waals surface area contributed by atoms with Crippen molar-refractivity contribution in [2.45, 2.75) is 72.0 Å². The lowest BCUT2D eigenvalue weighted by atomic mass is 9.80. The molecule has 0 unspecified atom stereocenters. The van der Waals surface area contributed by atoms with E-state index in [1.165, 1.54) is 6.33 Å². The summed E-state index contributed by atoms with van der Waals surface area (Å²) in [6.07, 6.45) is 3.81. The summed E-state index contributed by atoms with van der Waals surface area (Å²) in [6, 6.07) is 3.29. The van der Waals surface area contributed by atoms with Crippen molar-refractivity contribution in [3.63, 3.8) is 0 Å².